The van der Waals surface area contributed by atoms with Gasteiger partial charge in [0.25, 0.3) is 0 Å². The van der Waals surface area contributed by atoms with Crippen LogP contribution in [-0.4, -0.2) is 45.2 Å². The fraction of sp³-hybridized carbons (Fsp3) is 0.500. The van der Waals surface area contributed by atoms with Crippen molar-refractivity contribution in [1.82, 2.24) is 20.2 Å². The van der Waals surface area contributed by atoms with Crippen molar-refractivity contribution in [3.63, 3.8) is 0 Å². The number of hydrogen-bond acceptors (Lipinski definition) is 3. The van der Waals surface area contributed by atoms with Crippen molar-refractivity contribution in [2.75, 3.05) is 13.1 Å². The van der Waals surface area contributed by atoms with E-state index in [2.05, 4.69) is 15.3 Å². The van der Waals surface area contributed by atoms with Crippen LogP contribution >= 0.6 is 0 Å². The Bertz CT molecular complexity index is 682. The summed E-state index contributed by atoms with van der Waals surface area (Å²) in [5.41, 5.74) is 3.03. The van der Waals surface area contributed by atoms with Crippen molar-refractivity contribution in [1.29, 1.82) is 0 Å². The number of nitrogens with zero attached hydrogens (tertiary/aromatic N) is 2. The molecular formula is C16H22N4O2. The molecule has 0 radical (unpaired) electrons. The molecule has 3 rings (SSSR count). The first kappa shape index (κ1) is 14.8. The molecule has 1 saturated heterocycles. The number of nitrogens with one attached hydrogen (secondary N) is 2. The Balaban J connectivity index is 1.61. The summed E-state index contributed by atoms with van der Waals surface area (Å²) in [6.45, 7) is 5.46. The summed E-state index contributed by atoms with van der Waals surface area (Å²) < 4.78 is 0. The number of aryl methyl sites for hydroxylation is 1. The fourth-order valence-electron chi connectivity index (χ4n) is 2.81. The van der Waals surface area contributed by atoms with Gasteiger partial charge < -0.3 is 20.3 Å². The number of urea groups is 1. The van der Waals surface area contributed by atoms with Gasteiger partial charge in [0, 0.05) is 13.1 Å². The number of para-hydroxylation sites is 1. The highest BCUT2D eigenvalue weighted by Gasteiger charge is 2.27. The lowest BCUT2D eigenvalue weighted by Crippen LogP contribution is -2.49. The molecule has 22 heavy (non-hydrogen) atoms. The van der Waals surface area contributed by atoms with Crippen molar-refractivity contribution >= 4 is 17.1 Å². The lowest BCUT2D eigenvalue weighted by atomic mass is 9.96. The van der Waals surface area contributed by atoms with Gasteiger partial charge in [-0.25, -0.2) is 9.78 Å². The third kappa shape index (κ3) is 2.92. The van der Waals surface area contributed by atoms with E-state index in [0.717, 1.165) is 28.8 Å². The van der Waals surface area contributed by atoms with Crippen molar-refractivity contribution in [2.24, 2.45) is 5.92 Å². The minimum Gasteiger partial charge on any atom is -0.391 e. The number of aromatic amines is 1. The third-order valence-corrected chi connectivity index (χ3v) is 4.38. The highest BCUT2D eigenvalue weighted by molar-refractivity contribution is 5.79. The second-order valence-electron chi connectivity index (χ2n) is 6.09. The highest BCUT2D eigenvalue weighted by Crippen LogP contribution is 2.17. The molecule has 6 heteroatoms. The first-order valence-corrected chi connectivity index (χ1v) is 7.69. The number of benzene rings is 1. The van der Waals surface area contributed by atoms with Gasteiger partial charge in [-0.2, -0.15) is 0 Å². The number of imidazole rings is 1. The first-order chi connectivity index (χ1) is 10.5. The van der Waals surface area contributed by atoms with Crippen LogP contribution in [0.4, 0.5) is 4.79 Å². The highest BCUT2D eigenvalue weighted by atomic mass is 16.3. The molecule has 3 N–H and O–H groups in total. The van der Waals surface area contributed by atoms with Gasteiger partial charge in [0.15, 0.2) is 0 Å². The number of fused-ring (bicyclic) bond motifs is 1. The van der Waals surface area contributed by atoms with E-state index in [1.165, 1.54) is 0 Å². The van der Waals surface area contributed by atoms with Crippen molar-refractivity contribution in [3.8, 4) is 0 Å². The van der Waals surface area contributed by atoms with Gasteiger partial charge in [-0.05, 0) is 30.9 Å². The summed E-state index contributed by atoms with van der Waals surface area (Å²) in [6.07, 6.45) is 0.395. The topological polar surface area (TPSA) is 81.2 Å². The van der Waals surface area contributed by atoms with Crippen molar-refractivity contribution in [3.05, 3.63) is 29.6 Å². The Morgan fingerprint density at radius 1 is 1.55 bits per heavy atom. The molecule has 1 aromatic carbocycles. The number of rotatable bonds is 2. The van der Waals surface area contributed by atoms with E-state index in [9.17, 15) is 9.90 Å². The van der Waals surface area contributed by atoms with E-state index in [1.54, 1.807) is 4.90 Å². The molecule has 118 valence electrons. The van der Waals surface area contributed by atoms with Crippen LogP contribution < -0.4 is 5.32 Å². The molecule has 0 bridgehead atoms. The van der Waals surface area contributed by atoms with Gasteiger partial charge >= 0.3 is 6.03 Å². The number of H-pyrrole nitrogens is 1. The van der Waals surface area contributed by atoms with E-state index in [1.807, 2.05) is 32.0 Å². The molecule has 2 unspecified atom stereocenters. The molecule has 2 amide bonds. The lowest BCUT2D eigenvalue weighted by Gasteiger charge is -2.34. The quantitative estimate of drug-likeness (QED) is 0.791. The lowest BCUT2D eigenvalue weighted by molar-refractivity contribution is 0.0435. The molecular weight excluding hydrogens is 280 g/mol. The number of carbonyl (C=O) groups is 1. The fourth-order valence-corrected chi connectivity index (χ4v) is 2.81. The molecule has 2 atom stereocenters. The second kappa shape index (κ2) is 5.96. The first-order valence-electron chi connectivity index (χ1n) is 7.69. The summed E-state index contributed by atoms with van der Waals surface area (Å²) in [7, 11) is 0. The summed E-state index contributed by atoms with van der Waals surface area (Å²) in [5, 5.41) is 12.7. The van der Waals surface area contributed by atoms with E-state index in [-0.39, 0.29) is 11.9 Å². The zero-order chi connectivity index (χ0) is 15.7. The molecule has 0 aliphatic carbocycles. The Kier molecular flexibility index (Phi) is 4.02. The van der Waals surface area contributed by atoms with Crippen LogP contribution in [0, 0.1) is 12.8 Å². The van der Waals surface area contributed by atoms with Crippen molar-refractivity contribution < 1.29 is 9.90 Å². The number of hydrogen-bond donors (Lipinski definition) is 3. The minimum atomic E-state index is -0.437. The normalized spacial score (nSPS) is 22.0. The summed E-state index contributed by atoms with van der Waals surface area (Å²) in [4.78, 5) is 21.6. The number of β-amino-alcohol motifs (C(OH)–C–C–N with tert-alkyl or cyclic N) is 1. The van der Waals surface area contributed by atoms with Gasteiger partial charge in [-0.3, -0.25) is 0 Å². The number of aliphatic hydroxyl groups excluding tert-OH is 1. The van der Waals surface area contributed by atoms with Gasteiger partial charge in [0.05, 0.1) is 23.7 Å². The molecule has 2 heterocycles. The second-order valence-corrected chi connectivity index (χ2v) is 6.09. The molecule has 1 aliphatic heterocycles. The Morgan fingerprint density at radius 3 is 3.09 bits per heavy atom. The summed E-state index contributed by atoms with van der Waals surface area (Å²) in [5.74, 6) is 0.992. The number of piperidine rings is 1. The summed E-state index contributed by atoms with van der Waals surface area (Å²) in [6, 6.07) is 5.82. The van der Waals surface area contributed by atoms with Crippen LogP contribution in [0.1, 0.15) is 24.7 Å². The SMILES string of the molecule is Cc1cccc2[nH]c(CNC(=O)N3CCC(C)C(O)C3)nc12. The van der Waals surface area contributed by atoms with Crippen LogP contribution in [-0.2, 0) is 6.54 Å². The summed E-state index contributed by atoms with van der Waals surface area (Å²) >= 11 is 0. The maximum atomic E-state index is 12.2. The monoisotopic (exact) mass is 302 g/mol. The average Bonchev–Trinajstić information content (AvgIpc) is 2.92. The Labute approximate surface area is 129 Å². The smallest absolute Gasteiger partial charge is 0.317 e. The van der Waals surface area contributed by atoms with Gasteiger partial charge in [-0.1, -0.05) is 19.1 Å². The van der Waals surface area contributed by atoms with Gasteiger partial charge in [-0.15, -0.1) is 0 Å². The van der Waals surface area contributed by atoms with Gasteiger partial charge in [0.2, 0.25) is 0 Å². The largest absolute Gasteiger partial charge is 0.391 e. The van der Waals surface area contributed by atoms with Crippen LogP contribution in [0.15, 0.2) is 18.2 Å². The number of aromatic nitrogens is 2. The van der Waals surface area contributed by atoms with E-state index in [0.29, 0.717) is 19.6 Å². The van der Waals surface area contributed by atoms with E-state index < -0.39 is 6.10 Å². The molecule has 6 nitrogen and oxygen atoms in total. The predicted octanol–water partition coefficient (Wildman–Crippen LogP) is 1.78. The van der Waals surface area contributed by atoms with Crippen LogP contribution in [0.5, 0.6) is 0 Å². The molecule has 0 saturated carbocycles. The van der Waals surface area contributed by atoms with Gasteiger partial charge in [0.1, 0.15) is 5.82 Å². The van der Waals surface area contributed by atoms with Crippen LogP contribution in [0.3, 0.4) is 0 Å². The number of amides is 2. The number of aliphatic hydroxyl groups is 1. The van der Waals surface area contributed by atoms with E-state index in [4.69, 9.17) is 0 Å². The Hall–Kier alpha value is -2.08. The number of carbonyl (C=O) groups excluding carboxylic acids is 1. The third-order valence-electron chi connectivity index (χ3n) is 4.38. The Morgan fingerprint density at radius 2 is 2.36 bits per heavy atom. The van der Waals surface area contributed by atoms with Crippen LogP contribution in [0.2, 0.25) is 0 Å². The standard InChI is InChI=1S/C16H22N4O2/c1-10-6-7-20(9-13(10)21)16(22)17-8-14-18-12-5-3-4-11(2)15(12)19-14/h3-5,10,13,21H,6-9H2,1-2H3,(H,17,22)(H,18,19). The molecule has 0 spiro atoms. The molecule has 2 aromatic rings. The minimum absolute atomic E-state index is 0.150. The average molecular weight is 302 g/mol. The predicted molar refractivity (Wildman–Crippen MR) is 84.4 cm³/mol. The zero-order valence-electron chi connectivity index (χ0n) is 13.0. The van der Waals surface area contributed by atoms with Crippen molar-refractivity contribution in [2.45, 2.75) is 32.9 Å². The number of likely N-dealkylation sites (tertiary alicyclic amines) is 1. The zero-order valence-corrected chi connectivity index (χ0v) is 13.0. The molecule has 1 fully saturated rings. The molecule has 1 aliphatic rings. The van der Waals surface area contributed by atoms with Crippen LogP contribution in [0.25, 0.3) is 11.0 Å². The molecule has 1 aromatic heterocycles. The maximum absolute atomic E-state index is 12.2. The maximum Gasteiger partial charge on any atom is 0.317 e. The van der Waals surface area contributed by atoms with E-state index >= 15 is 0 Å².